The molecule has 0 unspecified atom stereocenters. The molecule has 1 heterocycles. The third-order valence-electron chi connectivity index (χ3n) is 3.31. The summed E-state index contributed by atoms with van der Waals surface area (Å²) in [5, 5.41) is 4.23. The van der Waals surface area contributed by atoms with Gasteiger partial charge in [-0.15, -0.1) is 0 Å². The molecule has 0 spiro atoms. The summed E-state index contributed by atoms with van der Waals surface area (Å²) in [7, 11) is 0. The van der Waals surface area contributed by atoms with Crippen LogP contribution in [0.3, 0.4) is 0 Å². The lowest BCUT2D eigenvalue weighted by atomic mass is 10.0. The zero-order valence-corrected chi connectivity index (χ0v) is 11.9. The summed E-state index contributed by atoms with van der Waals surface area (Å²) in [5.41, 5.74) is 0.691. The van der Waals surface area contributed by atoms with Crippen LogP contribution >= 0.6 is 23.2 Å². The van der Waals surface area contributed by atoms with Gasteiger partial charge in [0, 0.05) is 48.7 Å². The van der Waals surface area contributed by atoms with Crippen LogP contribution in [0.25, 0.3) is 0 Å². The van der Waals surface area contributed by atoms with Crippen molar-refractivity contribution >= 4 is 23.2 Å². The highest BCUT2D eigenvalue weighted by atomic mass is 35.5. The van der Waals surface area contributed by atoms with Crippen LogP contribution in [0.2, 0.25) is 10.0 Å². The normalized spacial score (nSPS) is 18.8. The molecule has 1 saturated heterocycles. The zero-order valence-electron chi connectivity index (χ0n) is 10.4. The fraction of sp³-hybridized carbons (Fsp3) is 0.538. The van der Waals surface area contributed by atoms with Gasteiger partial charge in [-0.1, -0.05) is 23.2 Å². The van der Waals surface area contributed by atoms with E-state index in [4.69, 9.17) is 23.2 Å². The predicted molar refractivity (Wildman–Crippen MR) is 74.3 cm³/mol. The number of rotatable bonds is 4. The molecule has 2 rings (SSSR count). The molecule has 1 aliphatic rings. The molecule has 2 nitrogen and oxygen atoms in total. The molecule has 0 aromatic heterocycles. The first-order valence-electron chi connectivity index (χ1n) is 6.26. The Morgan fingerprint density at radius 2 is 1.89 bits per heavy atom. The third kappa shape index (κ3) is 4.02. The maximum Gasteiger partial charge on any atom is 0.240 e. The number of nitrogens with zero attached hydrogens (tertiary/aromatic N) is 1. The molecule has 1 aromatic carbocycles. The first-order chi connectivity index (χ1) is 9.08. The Balaban J connectivity index is 2.27. The number of halogens is 4. The van der Waals surface area contributed by atoms with Gasteiger partial charge in [-0.3, -0.25) is 4.90 Å². The Morgan fingerprint density at radius 3 is 2.53 bits per heavy atom. The van der Waals surface area contributed by atoms with Crippen molar-refractivity contribution in [1.29, 1.82) is 0 Å². The second-order valence-corrected chi connectivity index (χ2v) is 5.44. The number of hydrogen-bond acceptors (Lipinski definition) is 2. The summed E-state index contributed by atoms with van der Waals surface area (Å²) in [6.07, 6.45) is -2.59. The average molecular weight is 309 g/mol. The van der Waals surface area contributed by atoms with Crippen molar-refractivity contribution < 1.29 is 8.78 Å². The predicted octanol–water partition coefficient (Wildman–Crippen LogP) is 3.59. The Bertz CT molecular complexity index is 423. The number of piperazine rings is 1. The lowest BCUT2D eigenvalue weighted by Gasteiger charge is -2.35. The van der Waals surface area contributed by atoms with Crippen molar-refractivity contribution in [1.82, 2.24) is 10.2 Å². The smallest absolute Gasteiger partial charge is 0.240 e. The first kappa shape index (κ1) is 15.0. The number of hydrogen-bond donors (Lipinski definition) is 1. The molecule has 106 valence electrons. The molecule has 19 heavy (non-hydrogen) atoms. The second-order valence-electron chi connectivity index (χ2n) is 4.59. The molecule has 1 N–H and O–H groups in total. The van der Waals surface area contributed by atoms with Crippen molar-refractivity contribution in [2.75, 3.05) is 26.2 Å². The van der Waals surface area contributed by atoms with Crippen molar-refractivity contribution in [3.05, 3.63) is 33.8 Å². The van der Waals surface area contributed by atoms with E-state index in [9.17, 15) is 8.78 Å². The van der Waals surface area contributed by atoms with E-state index in [1.807, 2.05) is 4.90 Å². The zero-order chi connectivity index (χ0) is 13.8. The standard InChI is InChI=1S/C13H16Cl2F2N2/c14-9-1-2-11(15)10(7-9)12(8-13(16)17)19-5-3-18-4-6-19/h1-2,7,12-13,18H,3-6,8H2/t12-/m0/s1. The van der Waals surface area contributed by atoms with Gasteiger partial charge in [-0.05, 0) is 23.8 Å². The van der Waals surface area contributed by atoms with Gasteiger partial charge in [0.1, 0.15) is 0 Å². The summed E-state index contributed by atoms with van der Waals surface area (Å²) in [5.74, 6) is 0. The fourth-order valence-corrected chi connectivity index (χ4v) is 2.83. The highest BCUT2D eigenvalue weighted by Gasteiger charge is 2.27. The van der Waals surface area contributed by atoms with E-state index < -0.39 is 6.43 Å². The Kier molecular flexibility index (Phi) is 5.39. The summed E-state index contributed by atoms with van der Waals surface area (Å²) >= 11 is 12.1. The number of alkyl halides is 2. The Hall–Kier alpha value is -0.420. The molecule has 0 radical (unpaired) electrons. The first-order valence-corrected chi connectivity index (χ1v) is 7.01. The second kappa shape index (κ2) is 6.84. The minimum atomic E-state index is -2.37. The van der Waals surface area contributed by atoms with Crippen LogP contribution in [0.4, 0.5) is 8.78 Å². The van der Waals surface area contributed by atoms with E-state index in [2.05, 4.69) is 5.32 Å². The van der Waals surface area contributed by atoms with Crippen LogP contribution in [-0.2, 0) is 0 Å². The van der Waals surface area contributed by atoms with E-state index in [-0.39, 0.29) is 12.5 Å². The van der Waals surface area contributed by atoms with Gasteiger partial charge in [-0.2, -0.15) is 0 Å². The molecule has 1 aromatic rings. The third-order valence-corrected chi connectivity index (χ3v) is 3.89. The van der Waals surface area contributed by atoms with Gasteiger partial charge in [0.2, 0.25) is 6.43 Å². The van der Waals surface area contributed by atoms with Crippen LogP contribution in [-0.4, -0.2) is 37.5 Å². The minimum Gasteiger partial charge on any atom is -0.314 e. The molecule has 6 heteroatoms. The van der Waals surface area contributed by atoms with E-state index in [0.29, 0.717) is 15.6 Å². The average Bonchev–Trinajstić information content (AvgIpc) is 2.40. The maximum atomic E-state index is 12.8. The largest absolute Gasteiger partial charge is 0.314 e. The lowest BCUT2D eigenvalue weighted by Crippen LogP contribution is -2.45. The van der Waals surface area contributed by atoms with Crippen molar-refractivity contribution in [3.63, 3.8) is 0 Å². The van der Waals surface area contributed by atoms with Crippen molar-refractivity contribution in [3.8, 4) is 0 Å². The lowest BCUT2D eigenvalue weighted by molar-refractivity contribution is 0.0739. The molecule has 0 saturated carbocycles. The van der Waals surface area contributed by atoms with Crippen LogP contribution in [0, 0.1) is 0 Å². The van der Waals surface area contributed by atoms with Crippen molar-refractivity contribution in [2.45, 2.75) is 18.9 Å². The molecule has 0 aliphatic carbocycles. The minimum absolute atomic E-state index is 0.222. The quantitative estimate of drug-likeness (QED) is 0.914. The highest BCUT2D eigenvalue weighted by molar-refractivity contribution is 6.33. The van der Waals surface area contributed by atoms with E-state index in [1.54, 1.807) is 18.2 Å². The molecule has 0 bridgehead atoms. The van der Waals surface area contributed by atoms with Gasteiger partial charge < -0.3 is 5.32 Å². The van der Waals surface area contributed by atoms with Gasteiger partial charge in [0.25, 0.3) is 0 Å². The molecule has 1 atom stereocenters. The topological polar surface area (TPSA) is 15.3 Å². The number of nitrogens with one attached hydrogen (secondary N) is 1. The van der Waals surface area contributed by atoms with E-state index in [1.165, 1.54) is 0 Å². The summed E-state index contributed by atoms with van der Waals surface area (Å²) in [6, 6.07) is 4.65. The van der Waals surface area contributed by atoms with Gasteiger partial charge in [0.15, 0.2) is 0 Å². The van der Waals surface area contributed by atoms with E-state index >= 15 is 0 Å². The molecular formula is C13H16Cl2F2N2. The summed E-state index contributed by atoms with van der Waals surface area (Å²) in [6.45, 7) is 3.08. The molecule has 1 fully saturated rings. The summed E-state index contributed by atoms with van der Waals surface area (Å²) in [4.78, 5) is 2.04. The maximum absolute atomic E-state index is 12.8. The van der Waals surface area contributed by atoms with Gasteiger partial charge in [0.05, 0.1) is 0 Å². The van der Waals surface area contributed by atoms with Crippen LogP contribution < -0.4 is 5.32 Å². The Labute approximate surface area is 121 Å². The fourth-order valence-electron chi connectivity index (χ4n) is 2.41. The highest BCUT2D eigenvalue weighted by Crippen LogP contribution is 2.34. The van der Waals surface area contributed by atoms with Crippen LogP contribution in [0.1, 0.15) is 18.0 Å². The molecular weight excluding hydrogens is 293 g/mol. The van der Waals surface area contributed by atoms with Crippen LogP contribution in [0.5, 0.6) is 0 Å². The SMILES string of the molecule is FC(F)C[C@@H](c1cc(Cl)ccc1Cl)N1CCNCC1. The monoisotopic (exact) mass is 308 g/mol. The molecule has 0 amide bonds. The number of benzene rings is 1. The van der Waals surface area contributed by atoms with Crippen LogP contribution in [0.15, 0.2) is 18.2 Å². The summed E-state index contributed by atoms with van der Waals surface area (Å²) < 4.78 is 25.7. The molecule has 1 aliphatic heterocycles. The van der Waals surface area contributed by atoms with E-state index in [0.717, 1.165) is 26.2 Å². The Morgan fingerprint density at radius 1 is 1.21 bits per heavy atom. The van der Waals surface area contributed by atoms with Crippen molar-refractivity contribution in [2.24, 2.45) is 0 Å². The van der Waals surface area contributed by atoms with Gasteiger partial charge in [-0.25, -0.2) is 8.78 Å². The van der Waals surface area contributed by atoms with Gasteiger partial charge >= 0.3 is 0 Å².